The fourth-order valence-corrected chi connectivity index (χ4v) is 1.52. The molecule has 16 heavy (non-hydrogen) atoms. The predicted molar refractivity (Wildman–Crippen MR) is 64.7 cm³/mol. The molecule has 0 aliphatic heterocycles. The summed E-state index contributed by atoms with van der Waals surface area (Å²) in [7, 11) is 0. The average molecular weight is 223 g/mol. The summed E-state index contributed by atoms with van der Waals surface area (Å²) in [6, 6.07) is 3.47. The number of aryl methyl sites for hydroxylation is 2. The van der Waals surface area contributed by atoms with Gasteiger partial charge < -0.3 is 11.1 Å². The van der Waals surface area contributed by atoms with E-state index in [1.54, 1.807) is 13.0 Å². The Hall–Kier alpha value is -1.62. The summed E-state index contributed by atoms with van der Waals surface area (Å²) >= 11 is 0. The highest BCUT2D eigenvalue weighted by Crippen LogP contribution is 2.26. The van der Waals surface area contributed by atoms with Gasteiger partial charge in [0.1, 0.15) is 0 Å². The van der Waals surface area contributed by atoms with Crippen LogP contribution in [0.15, 0.2) is 12.1 Å². The average Bonchev–Trinajstić information content (AvgIpc) is 2.21. The number of hydrogen-bond acceptors (Lipinski definition) is 4. The fraction of sp³-hybridized carbons (Fsp3) is 0.455. The minimum Gasteiger partial charge on any atom is -0.381 e. The van der Waals surface area contributed by atoms with Crippen LogP contribution in [-0.4, -0.2) is 17.5 Å². The lowest BCUT2D eigenvalue weighted by atomic mass is 10.1. The van der Waals surface area contributed by atoms with E-state index in [-0.39, 0.29) is 16.7 Å². The summed E-state index contributed by atoms with van der Waals surface area (Å²) in [5.41, 5.74) is 8.07. The second-order valence-corrected chi connectivity index (χ2v) is 3.99. The van der Waals surface area contributed by atoms with Crippen molar-refractivity contribution in [2.75, 3.05) is 11.9 Å². The van der Waals surface area contributed by atoms with Crippen LogP contribution in [0.5, 0.6) is 0 Å². The first kappa shape index (κ1) is 12.4. The van der Waals surface area contributed by atoms with Crippen LogP contribution in [0.3, 0.4) is 0 Å². The van der Waals surface area contributed by atoms with Crippen LogP contribution in [0.25, 0.3) is 0 Å². The van der Waals surface area contributed by atoms with Gasteiger partial charge in [0.15, 0.2) is 0 Å². The molecule has 0 amide bonds. The standard InChI is InChI=1S/C11H17N3O2/c1-7-4-8(2)11(14(15)16)5-10(7)13-9(3)6-12/h4-5,9,13H,6,12H2,1-3H3. The summed E-state index contributed by atoms with van der Waals surface area (Å²) in [6.07, 6.45) is 0. The summed E-state index contributed by atoms with van der Waals surface area (Å²) in [5, 5.41) is 13.9. The predicted octanol–water partition coefficient (Wildman–Crippen LogP) is 1.97. The number of nitro groups is 1. The van der Waals surface area contributed by atoms with Crippen LogP contribution in [0, 0.1) is 24.0 Å². The van der Waals surface area contributed by atoms with Crippen LogP contribution >= 0.6 is 0 Å². The second kappa shape index (κ2) is 4.94. The largest absolute Gasteiger partial charge is 0.381 e. The van der Waals surface area contributed by atoms with E-state index in [0.29, 0.717) is 12.1 Å². The Morgan fingerprint density at radius 1 is 1.44 bits per heavy atom. The van der Waals surface area contributed by atoms with Gasteiger partial charge in [0.2, 0.25) is 0 Å². The zero-order chi connectivity index (χ0) is 12.3. The van der Waals surface area contributed by atoms with Gasteiger partial charge >= 0.3 is 0 Å². The Balaban J connectivity index is 3.09. The van der Waals surface area contributed by atoms with Gasteiger partial charge in [0.05, 0.1) is 4.92 Å². The monoisotopic (exact) mass is 223 g/mol. The number of nitrogens with two attached hydrogens (primary N) is 1. The van der Waals surface area contributed by atoms with E-state index >= 15 is 0 Å². The van der Waals surface area contributed by atoms with Gasteiger partial charge in [-0.05, 0) is 32.4 Å². The van der Waals surface area contributed by atoms with Crippen LogP contribution in [0.4, 0.5) is 11.4 Å². The summed E-state index contributed by atoms with van der Waals surface area (Å²) < 4.78 is 0. The van der Waals surface area contributed by atoms with Crippen LogP contribution in [-0.2, 0) is 0 Å². The lowest BCUT2D eigenvalue weighted by Gasteiger charge is -2.15. The molecule has 1 aromatic rings. The molecule has 0 saturated carbocycles. The summed E-state index contributed by atoms with van der Waals surface area (Å²) in [4.78, 5) is 10.4. The third-order valence-corrected chi connectivity index (χ3v) is 2.50. The lowest BCUT2D eigenvalue weighted by Crippen LogP contribution is -2.25. The van der Waals surface area contributed by atoms with Crippen LogP contribution in [0.2, 0.25) is 0 Å². The lowest BCUT2D eigenvalue weighted by molar-refractivity contribution is -0.385. The molecule has 0 saturated heterocycles. The Morgan fingerprint density at radius 2 is 2.06 bits per heavy atom. The normalized spacial score (nSPS) is 12.2. The number of nitro benzene ring substituents is 1. The van der Waals surface area contributed by atoms with Crippen molar-refractivity contribution in [1.29, 1.82) is 0 Å². The Kier molecular flexibility index (Phi) is 3.84. The smallest absolute Gasteiger partial charge is 0.274 e. The maximum atomic E-state index is 10.8. The van der Waals surface area contributed by atoms with Crippen molar-refractivity contribution >= 4 is 11.4 Å². The Labute approximate surface area is 94.8 Å². The number of nitrogens with one attached hydrogen (secondary N) is 1. The number of benzene rings is 1. The molecule has 0 aromatic heterocycles. The van der Waals surface area contributed by atoms with Crippen LogP contribution in [0.1, 0.15) is 18.1 Å². The summed E-state index contributed by atoms with van der Waals surface area (Å²) in [6.45, 7) is 6.08. The highest BCUT2D eigenvalue weighted by Gasteiger charge is 2.14. The maximum absolute atomic E-state index is 10.8. The van der Waals surface area contributed by atoms with Crippen molar-refractivity contribution in [3.05, 3.63) is 33.4 Å². The van der Waals surface area contributed by atoms with Gasteiger partial charge in [-0.1, -0.05) is 0 Å². The Morgan fingerprint density at radius 3 is 2.56 bits per heavy atom. The number of rotatable bonds is 4. The summed E-state index contributed by atoms with van der Waals surface area (Å²) in [5.74, 6) is 0. The molecule has 3 N–H and O–H groups in total. The van der Waals surface area contributed by atoms with Crippen LogP contribution < -0.4 is 11.1 Å². The highest BCUT2D eigenvalue weighted by atomic mass is 16.6. The minimum absolute atomic E-state index is 0.0982. The third kappa shape index (κ3) is 2.70. The molecule has 1 rings (SSSR count). The van der Waals surface area contributed by atoms with E-state index < -0.39 is 0 Å². The van der Waals surface area contributed by atoms with E-state index in [9.17, 15) is 10.1 Å². The topological polar surface area (TPSA) is 81.2 Å². The van der Waals surface area contributed by atoms with Gasteiger partial charge in [-0.2, -0.15) is 0 Å². The molecular formula is C11H17N3O2. The molecule has 0 aliphatic rings. The maximum Gasteiger partial charge on any atom is 0.274 e. The molecule has 5 nitrogen and oxygen atoms in total. The first-order valence-corrected chi connectivity index (χ1v) is 5.18. The van der Waals surface area contributed by atoms with Gasteiger partial charge in [0, 0.05) is 29.9 Å². The molecule has 1 atom stereocenters. The third-order valence-electron chi connectivity index (χ3n) is 2.50. The Bertz CT molecular complexity index is 404. The van der Waals surface area contributed by atoms with E-state index in [2.05, 4.69) is 5.32 Å². The molecule has 1 aromatic carbocycles. The SMILES string of the molecule is Cc1cc(C)c([N+](=O)[O-])cc1NC(C)CN. The molecule has 1 unspecified atom stereocenters. The van der Waals surface area contributed by atoms with Crippen molar-refractivity contribution in [3.63, 3.8) is 0 Å². The zero-order valence-corrected chi connectivity index (χ0v) is 9.78. The van der Waals surface area contributed by atoms with Gasteiger partial charge in [-0.3, -0.25) is 10.1 Å². The van der Waals surface area contributed by atoms with Crippen molar-refractivity contribution in [3.8, 4) is 0 Å². The van der Waals surface area contributed by atoms with E-state index in [4.69, 9.17) is 5.73 Å². The van der Waals surface area contributed by atoms with E-state index in [1.165, 1.54) is 0 Å². The molecule has 5 heteroatoms. The number of anilines is 1. The second-order valence-electron chi connectivity index (χ2n) is 3.99. The van der Waals surface area contributed by atoms with E-state index in [0.717, 1.165) is 11.3 Å². The fourth-order valence-electron chi connectivity index (χ4n) is 1.52. The molecule has 0 aliphatic carbocycles. The molecule has 0 spiro atoms. The van der Waals surface area contributed by atoms with Crippen molar-refractivity contribution in [1.82, 2.24) is 0 Å². The molecule has 0 radical (unpaired) electrons. The molecule has 0 bridgehead atoms. The molecule has 88 valence electrons. The minimum atomic E-state index is -0.368. The van der Waals surface area contributed by atoms with E-state index in [1.807, 2.05) is 19.9 Å². The van der Waals surface area contributed by atoms with Crippen molar-refractivity contribution < 1.29 is 4.92 Å². The first-order chi connectivity index (χ1) is 7.45. The number of hydrogen-bond donors (Lipinski definition) is 2. The molecule has 0 heterocycles. The first-order valence-electron chi connectivity index (χ1n) is 5.18. The van der Waals surface area contributed by atoms with Crippen molar-refractivity contribution in [2.24, 2.45) is 5.73 Å². The van der Waals surface area contributed by atoms with Gasteiger partial charge in [-0.15, -0.1) is 0 Å². The van der Waals surface area contributed by atoms with Gasteiger partial charge in [-0.25, -0.2) is 0 Å². The van der Waals surface area contributed by atoms with Gasteiger partial charge in [0.25, 0.3) is 5.69 Å². The molecular weight excluding hydrogens is 206 g/mol. The quantitative estimate of drug-likeness (QED) is 0.604. The highest BCUT2D eigenvalue weighted by molar-refractivity contribution is 5.60. The molecule has 0 fully saturated rings. The van der Waals surface area contributed by atoms with Crippen molar-refractivity contribution in [2.45, 2.75) is 26.8 Å². The zero-order valence-electron chi connectivity index (χ0n) is 9.78. The number of nitrogens with zero attached hydrogens (tertiary/aromatic N) is 1.